The predicted molar refractivity (Wildman–Crippen MR) is 197 cm³/mol. The summed E-state index contributed by atoms with van der Waals surface area (Å²) < 4.78 is 27.0. The monoisotopic (exact) mass is 700 g/mol. The molecule has 6 rings (SSSR count). The summed E-state index contributed by atoms with van der Waals surface area (Å²) in [6.45, 7) is 3.49. The van der Waals surface area contributed by atoms with Crippen LogP contribution in [0.3, 0.4) is 0 Å². The number of hydrogen-bond acceptors (Lipinski definition) is 10. The maximum Gasteiger partial charge on any atom is 0.338 e. The number of ether oxygens (including phenoxy) is 5. The average Bonchev–Trinajstić information content (AvgIpc) is 3.17. The second kappa shape index (κ2) is 15.1. The van der Waals surface area contributed by atoms with E-state index in [9.17, 15) is 14.4 Å². The van der Waals surface area contributed by atoms with Gasteiger partial charge in [0, 0.05) is 51.1 Å². The van der Waals surface area contributed by atoms with Crippen LogP contribution in [0.15, 0.2) is 84.9 Å². The molecule has 2 amide bonds. The second-order valence-electron chi connectivity index (χ2n) is 11.8. The molecule has 52 heavy (non-hydrogen) atoms. The van der Waals surface area contributed by atoms with Crippen LogP contribution >= 0.6 is 0 Å². The standard InChI is InChI=1S/C40H36N4O8/c1-22-7-8-24-9-10-25-11-12-29(42-37(25)36(24)41-22)21-52-40(47)28-17-34(43-38(45)26-13-30(48-3)19-31(14-26)49-4)23(2)35(18-28)44-39(46)27-15-32(50-5)20-33(16-27)51-6/h7-20H,21H2,1-6H3,(H,43,45)(H,44,46). The van der Waals surface area contributed by atoms with Crippen molar-refractivity contribution < 1.29 is 38.1 Å². The molecule has 0 fully saturated rings. The molecule has 0 aliphatic rings. The van der Waals surface area contributed by atoms with E-state index in [4.69, 9.17) is 28.7 Å². The molecule has 0 unspecified atom stereocenters. The third kappa shape index (κ3) is 7.55. The lowest BCUT2D eigenvalue weighted by molar-refractivity contribution is 0.0468. The predicted octanol–water partition coefficient (Wildman–Crippen LogP) is 7.30. The van der Waals surface area contributed by atoms with Crippen LogP contribution in [0, 0.1) is 13.8 Å². The van der Waals surface area contributed by atoms with Crippen LogP contribution < -0.4 is 29.6 Å². The highest BCUT2D eigenvalue weighted by atomic mass is 16.5. The van der Waals surface area contributed by atoms with Gasteiger partial charge in [-0.3, -0.25) is 14.6 Å². The SMILES string of the molecule is COc1cc(OC)cc(C(=O)Nc2cc(C(=O)OCc3ccc4ccc5ccc(C)nc5c4n3)cc(NC(=O)c3cc(OC)cc(OC)c3)c2C)c1. The minimum atomic E-state index is -0.703. The maximum absolute atomic E-state index is 13.6. The first-order chi connectivity index (χ1) is 25.1. The fourth-order valence-electron chi connectivity index (χ4n) is 5.57. The number of pyridine rings is 2. The van der Waals surface area contributed by atoms with Gasteiger partial charge in [-0.15, -0.1) is 0 Å². The summed E-state index contributed by atoms with van der Waals surface area (Å²) in [6, 6.07) is 24.1. The Morgan fingerprint density at radius 1 is 0.558 bits per heavy atom. The molecule has 0 atom stereocenters. The number of carbonyl (C=O) groups is 3. The quantitative estimate of drug-likeness (QED) is 0.104. The number of aryl methyl sites for hydroxylation is 1. The van der Waals surface area contributed by atoms with Gasteiger partial charge < -0.3 is 34.3 Å². The first-order valence-electron chi connectivity index (χ1n) is 16.2. The summed E-state index contributed by atoms with van der Waals surface area (Å²) >= 11 is 0. The molecule has 0 bridgehead atoms. The average molecular weight is 701 g/mol. The molecule has 0 spiro atoms. The van der Waals surface area contributed by atoms with E-state index < -0.39 is 17.8 Å². The molecule has 2 heterocycles. The molecule has 6 aromatic rings. The number of esters is 1. The van der Waals surface area contributed by atoms with Gasteiger partial charge in [0.2, 0.25) is 0 Å². The van der Waals surface area contributed by atoms with Gasteiger partial charge in [0.25, 0.3) is 11.8 Å². The number of nitrogens with zero attached hydrogens (tertiary/aromatic N) is 2. The molecule has 0 aliphatic heterocycles. The number of carbonyl (C=O) groups excluding carboxylic acids is 3. The zero-order valence-electron chi connectivity index (χ0n) is 29.5. The Kier molecular flexibility index (Phi) is 10.2. The fourth-order valence-corrected chi connectivity index (χ4v) is 5.57. The van der Waals surface area contributed by atoms with Gasteiger partial charge >= 0.3 is 5.97 Å². The summed E-state index contributed by atoms with van der Waals surface area (Å²) in [7, 11) is 5.93. The van der Waals surface area contributed by atoms with E-state index in [1.54, 1.807) is 49.4 Å². The number of benzene rings is 4. The van der Waals surface area contributed by atoms with Gasteiger partial charge in [0.15, 0.2) is 0 Å². The molecule has 0 saturated carbocycles. The van der Waals surface area contributed by atoms with E-state index in [1.165, 1.54) is 40.6 Å². The largest absolute Gasteiger partial charge is 0.497 e. The highest BCUT2D eigenvalue weighted by molar-refractivity contribution is 6.09. The van der Waals surface area contributed by atoms with Gasteiger partial charge in [-0.05, 0) is 67.9 Å². The Bertz CT molecular complexity index is 2220. The first-order valence-corrected chi connectivity index (χ1v) is 16.2. The molecule has 0 saturated heterocycles. The fraction of sp³-hybridized carbons (Fsp3) is 0.175. The second-order valence-corrected chi connectivity index (χ2v) is 11.8. The van der Waals surface area contributed by atoms with Crippen molar-refractivity contribution in [3.8, 4) is 23.0 Å². The Hall–Kier alpha value is -6.69. The van der Waals surface area contributed by atoms with Gasteiger partial charge in [0.1, 0.15) is 29.6 Å². The van der Waals surface area contributed by atoms with Crippen molar-refractivity contribution in [3.63, 3.8) is 0 Å². The normalized spacial score (nSPS) is 10.8. The van der Waals surface area contributed by atoms with Crippen LogP contribution in [0.25, 0.3) is 21.8 Å². The van der Waals surface area contributed by atoms with E-state index in [0.717, 1.165) is 22.0 Å². The molecule has 0 aliphatic carbocycles. The van der Waals surface area contributed by atoms with Crippen LogP contribution in [0.4, 0.5) is 11.4 Å². The van der Waals surface area contributed by atoms with Crippen molar-refractivity contribution in [2.75, 3.05) is 39.1 Å². The molecule has 264 valence electrons. The lowest BCUT2D eigenvalue weighted by Gasteiger charge is -2.17. The summed E-state index contributed by atoms with van der Waals surface area (Å²) in [5, 5.41) is 7.58. The molecule has 12 nitrogen and oxygen atoms in total. The lowest BCUT2D eigenvalue weighted by Crippen LogP contribution is -2.18. The van der Waals surface area contributed by atoms with Crippen LogP contribution in [0.2, 0.25) is 0 Å². The number of rotatable bonds is 11. The Morgan fingerprint density at radius 3 is 1.48 bits per heavy atom. The third-order valence-electron chi connectivity index (χ3n) is 8.43. The number of nitrogens with one attached hydrogen (secondary N) is 2. The van der Waals surface area contributed by atoms with Gasteiger partial charge in [-0.2, -0.15) is 0 Å². The van der Waals surface area contributed by atoms with Crippen LogP contribution in [0.1, 0.15) is 48.0 Å². The minimum Gasteiger partial charge on any atom is -0.497 e. The molecule has 0 radical (unpaired) electrons. The topological polar surface area (TPSA) is 147 Å². The molecule has 2 aromatic heterocycles. The van der Waals surface area contributed by atoms with Crippen molar-refractivity contribution in [2.45, 2.75) is 20.5 Å². The van der Waals surface area contributed by atoms with Crippen molar-refractivity contribution in [3.05, 3.63) is 119 Å². The minimum absolute atomic E-state index is 0.0752. The van der Waals surface area contributed by atoms with Crippen LogP contribution in [0.5, 0.6) is 23.0 Å². The summed E-state index contributed by atoms with van der Waals surface area (Å²) in [5.41, 5.74) is 4.41. The smallest absolute Gasteiger partial charge is 0.338 e. The van der Waals surface area contributed by atoms with Crippen molar-refractivity contribution in [1.82, 2.24) is 9.97 Å². The number of fused-ring (bicyclic) bond motifs is 3. The zero-order valence-corrected chi connectivity index (χ0v) is 29.5. The van der Waals surface area contributed by atoms with E-state index in [0.29, 0.717) is 39.8 Å². The van der Waals surface area contributed by atoms with Crippen molar-refractivity contribution in [2.24, 2.45) is 0 Å². The first kappa shape index (κ1) is 35.1. The molecular formula is C40H36N4O8. The number of amides is 2. The van der Waals surface area contributed by atoms with Crippen LogP contribution in [-0.4, -0.2) is 56.2 Å². The lowest BCUT2D eigenvalue weighted by atomic mass is 10.1. The molecule has 12 heteroatoms. The third-order valence-corrected chi connectivity index (χ3v) is 8.43. The van der Waals surface area contributed by atoms with Gasteiger partial charge in [0.05, 0.1) is 50.7 Å². The Morgan fingerprint density at radius 2 is 1.00 bits per heavy atom. The molecular weight excluding hydrogens is 664 g/mol. The molecule has 2 N–H and O–H groups in total. The number of aromatic nitrogens is 2. The van der Waals surface area contributed by atoms with E-state index >= 15 is 0 Å². The number of anilines is 2. The van der Waals surface area contributed by atoms with Crippen molar-refractivity contribution in [1.29, 1.82) is 0 Å². The van der Waals surface area contributed by atoms with E-state index in [-0.39, 0.29) is 34.7 Å². The van der Waals surface area contributed by atoms with E-state index in [2.05, 4.69) is 15.6 Å². The van der Waals surface area contributed by atoms with E-state index in [1.807, 2.05) is 37.3 Å². The summed E-state index contributed by atoms with van der Waals surface area (Å²) in [4.78, 5) is 50.2. The highest BCUT2D eigenvalue weighted by Crippen LogP contribution is 2.31. The number of hydrogen-bond donors (Lipinski definition) is 2. The maximum atomic E-state index is 13.6. The zero-order chi connectivity index (χ0) is 36.9. The Labute approximate surface area is 299 Å². The van der Waals surface area contributed by atoms with Gasteiger partial charge in [-0.1, -0.05) is 24.3 Å². The number of methoxy groups -OCH3 is 4. The van der Waals surface area contributed by atoms with Gasteiger partial charge in [-0.25, -0.2) is 9.78 Å². The van der Waals surface area contributed by atoms with Crippen LogP contribution in [-0.2, 0) is 11.3 Å². The van der Waals surface area contributed by atoms with Crippen molar-refractivity contribution >= 4 is 51.0 Å². The molecule has 4 aromatic carbocycles. The summed E-state index contributed by atoms with van der Waals surface area (Å²) in [6.07, 6.45) is 0. The Balaban J connectivity index is 1.32. The summed E-state index contributed by atoms with van der Waals surface area (Å²) in [5.74, 6) is -0.0363. The highest BCUT2D eigenvalue weighted by Gasteiger charge is 2.20.